The van der Waals surface area contributed by atoms with Crippen LogP contribution < -0.4 is 32.1 Å². The molecule has 8 atom stereocenters. The Balaban J connectivity index is 1.04. The van der Waals surface area contributed by atoms with E-state index in [2.05, 4.69) is 32.1 Å². The Morgan fingerprint density at radius 2 is 1.91 bits per heavy atom. The van der Waals surface area contributed by atoms with Gasteiger partial charge in [0, 0.05) is 30.8 Å². The Kier molecular flexibility index (Phi) is 7.60. The number of piperidine rings is 1. The molecule has 9 heteroatoms. The molecule has 6 N–H and O–H groups in total. The van der Waals surface area contributed by atoms with E-state index in [1.807, 2.05) is 0 Å². The fourth-order valence-electron chi connectivity index (χ4n) is 6.49. The van der Waals surface area contributed by atoms with Crippen molar-refractivity contribution in [3.05, 3.63) is 0 Å². The first-order valence-electron chi connectivity index (χ1n) is 12.9. The summed E-state index contributed by atoms with van der Waals surface area (Å²) in [6.07, 6.45) is 8.14. The van der Waals surface area contributed by atoms with Crippen LogP contribution in [0, 0.1) is 17.8 Å². The van der Waals surface area contributed by atoms with E-state index >= 15 is 0 Å². The largest absolute Gasteiger partial charge is 0.376 e. The van der Waals surface area contributed by atoms with E-state index in [0.29, 0.717) is 37.6 Å². The number of amides is 1. The smallest absolute Gasteiger partial charge is 0.223 e. The maximum absolute atomic E-state index is 13.7. The van der Waals surface area contributed by atoms with Crippen molar-refractivity contribution in [1.82, 2.24) is 32.1 Å². The Hall–Kier alpha value is -0.840. The van der Waals surface area contributed by atoms with Gasteiger partial charge in [0.25, 0.3) is 0 Å². The minimum Gasteiger partial charge on any atom is -0.376 e. The maximum Gasteiger partial charge on any atom is 0.223 e. The molecule has 3 heterocycles. The van der Waals surface area contributed by atoms with Gasteiger partial charge in [-0.25, -0.2) is 15.2 Å². The number of hydrazine groups is 1. The number of ether oxygens (including phenoxy) is 1. The minimum atomic E-state index is -0.745. The van der Waals surface area contributed by atoms with Crippen LogP contribution in [0.1, 0.15) is 57.8 Å². The van der Waals surface area contributed by atoms with Gasteiger partial charge < -0.3 is 20.7 Å². The molecule has 3 aliphatic heterocycles. The molecule has 182 valence electrons. The number of fused-ring (bicyclic) bond motifs is 1. The molecule has 5 rings (SSSR count). The van der Waals surface area contributed by atoms with E-state index in [9.17, 15) is 9.18 Å². The predicted octanol–water partition coefficient (Wildman–Crippen LogP) is 0.506. The van der Waals surface area contributed by atoms with Gasteiger partial charge in [-0.3, -0.25) is 10.1 Å². The zero-order valence-electron chi connectivity index (χ0n) is 19.1. The Labute approximate surface area is 190 Å². The second-order valence-corrected chi connectivity index (χ2v) is 10.6. The van der Waals surface area contributed by atoms with Gasteiger partial charge in [0.15, 0.2) is 0 Å². The highest BCUT2D eigenvalue weighted by molar-refractivity contribution is 5.79. The van der Waals surface area contributed by atoms with E-state index in [0.717, 1.165) is 51.7 Å². The van der Waals surface area contributed by atoms with Crippen molar-refractivity contribution < 1.29 is 13.9 Å². The number of carbonyl (C=O) groups is 1. The monoisotopic (exact) mass is 452 g/mol. The van der Waals surface area contributed by atoms with Crippen LogP contribution in [0.4, 0.5) is 4.39 Å². The highest BCUT2D eigenvalue weighted by Gasteiger charge is 2.43. The van der Waals surface area contributed by atoms with Crippen LogP contribution in [0.3, 0.4) is 0 Å². The zero-order chi connectivity index (χ0) is 21.9. The number of alkyl halides is 1. The second kappa shape index (κ2) is 10.6. The summed E-state index contributed by atoms with van der Waals surface area (Å²) < 4.78 is 19.5. The second-order valence-electron chi connectivity index (χ2n) is 10.6. The average Bonchev–Trinajstić information content (AvgIpc) is 3.45. The molecule has 2 aliphatic carbocycles. The number of nitrogens with one attached hydrogen (secondary N) is 6. The van der Waals surface area contributed by atoms with Crippen molar-refractivity contribution in [3.8, 4) is 0 Å². The standard InChI is InChI=1S/C23H41FN6O2/c24-16-4-5-18-19(13-32-20(18)11-16)27-23(31)15-2-1-3-17(10-15)26-12-21-28-22(30-29-21)14-6-8-25-9-7-14/h14-22,25-26,28-30H,1-13H2,(H,27,31)/t15?,16?,17?,18?,19-,20?,21?,22?/m0/s1. The number of hydrogen-bond acceptors (Lipinski definition) is 7. The molecule has 2 saturated carbocycles. The molecule has 3 saturated heterocycles. The third kappa shape index (κ3) is 5.45. The van der Waals surface area contributed by atoms with E-state index in [1.54, 1.807) is 0 Å². The topological polar surface area (TPSA) is 98.5 Å². The van der Waals surface area contributed by atoms with E-state index < -0.39 is 6.17 Å². The van der Waals surface area contributed by atoms with Gasteiger partial charge in [-0.1, -0.05) is 6.42 Å². The van der Waals surface area contributed by atoms with Crippen LogP contribution in [-0.2, 0) is 9.53 Å². The number of hydrogen-bond donors (Lipinski definition) is 6. The molecule has 5 fully saturated rings. The summed E-state index contributed by atoms with van der Waals surface area (Å²) in [6.45, 7) is 3.58. The van der Waals surface area contributed by atoms with E-state index in [4.69, 9.17) is 4.74 Å². The normalized spacial score (nSPS) is 43.2. The Morgan fingerprint density at radius 3 is 2.78 bits per heavy atom. The lowest BCUT2D eigenvalue weighted by Crippen LogP contribution is -2.50. The Morgan fingerprint density at radius 1 is 1.03 bits per heavy atom. The van der Waals surface area contributed by atoms with Crippen molar-refractivity contribution in [3.63, 3.8) is 0 Å². The molecule has 0 aromatic heterocycles. The van der Waals surface area contributed by atoms with Gasteiger partial charge in [0.2, 0.25) is 5.91 Å². The molecule has 0 aromatic carbocycles. The molecule has 5 aliphatic rings. The van der Waals surface area contributed by atoms with Crippen molar-refractivity contribution in [2.24, 2.45) is 17.8 Å². The van der Waals surface area contributed by atoms with Gasteiger partial charge in [-0.15, -0.1) is 0 Å². The van der Waals surface area contributed by atoms with E-state index in [1.165, 1.54) is 12.8 Å². The minimum absolute atomic E-state index is 0.0152. The third-order valence-corrected chi connectivity index (χ3v) is 8.42. The lowest BCUT2D eigenvalue weighted by molar-refractivity contribution is -0.127. The fraction of sp³-hybridized carbons (Fsp3) is 0.957. The van der Waals surface area contributed by atoms with Crippen molar-refractivity contribution in [2.75, 3.05) is 26.2 Å². The van der Waals surface area contributed by atoms with Gasteiger partial charge in [0.05, 0.1) is 31.1 Å². The molecule has 7 unspecified atom stereocenters. The quantitative estimate of drug-likeness (QED) is 0.349. The Bertz CT molecular complexity index is 636. The fourth-order valence-corrected chi connectivity index (χ4v) is 6.49. The lowest BCUT2D eigenvalue weighted by atomic mass is 9.81. The summed E-state index contributed by atoms with van der Waals surface area (Å²) in [6, 6.07) is 0.425. The summed E-state index contributed by atoms with van der Waals surface area (Å²) in [7, 11) is 0. The number of rotatable bonds is 6. The maximum atomic E-state index is 13.7. The van der Waals surface area contributed by atoms with Gasteiger partial charge in [-0.05, 0) is 64.0 Å². The van der Waals surface area contributed by atoms with Gasteiger partial charge >= 0.3 is 0 Å². The molecular weight excluding hydrogens is 411 g/mol. The number of carbonyl (C=O) groups excluding carboxylic acids is 1. The van der Waals surface area contributed by atoms with Crippen molar-refractivity contribution >= 4 is 5.91 Å². The van der Waals surface area contributed by atoms with Crippen molar-refractivity contribution in [2.45, 2.75) is 94.5 Å². The van der Waals surface area contributed by atoms with Crippen LogP contribution >= 0.6 is 0 Å². The summed E-state index contributed by atoms with van der Waals surface area (Å²) in [5, 5.41) is 14.1. The third-order valence-electron chi connectivity index (χ3n) is 8.42. The summed E-state index contributed by atoms with van der Waals surface area (Å²) >= 11 is 0. The lowest BCUT2D eigenvalue weighted by Gasteiger charge is -2.33. The van der Waals surface area contributed by atoms with Crippen LogP contribution in [0.25, 0.3) is 0 Å². The molecule has 32 heavy (non-hydrogen) atoms. The van der Waals surface area contributed by atoms with Gasteiger partial charge in [-0.2, -0.15) is 0 Å². The first kappa shape index (κ1) is 22.9. The predicted molar refractivity (Wildman–Crippen MR) is 120 cm³/mol. The van der Waals surface area contributed by atoms with Gasteiger partial charge in [0.1, 0.15) is 6.17 Å². The van der Waals surface area contributed by atoms with E-state index in [-0.39, 0.29) is 36.1 Å². The van der Waals surface area contributed by atoms with Crippen molar-refractivity contribution in [1.29, 1.82) is 0 Å². The first-order valence-corrected chi connectivity index (χ1v) is 12.9. The highest BCUT2D eigenvalue weighted by atomic mass is 19.1. The molecular formula is C23H41FN6O2. The average molecular weight is 453 g/mol. The zero-order valence-corrected chi connectivity index (χ0v) is 19.1. The van der Waals surface area contributed by atoms with Crippen LogP contribution in [0.15, 0.2) is 0 Å². The molecule has 0 radical (unpaired) electrons. The summed E-state index contributed by atoms with van der Waals surface area (Å²) in [4.78, 5) is 13.0. The molecule has 8 nitrogen and oxygen atoms in total. The molecule has 1 amide bonds. The molecule has 0 bridgehead atoms. The highest BCUT2D eigenvalue weighted by Crippen LogP contribution is 2.36. The molecule has 0 aromatic rings. The van der Waals surface area contributed by atoms with Crippen LogP contribution in [0.2, 0.25) is 0 Å². The summed E-state index contributed by atoms with van der Waals surface area (Å²) in [5.74, 6) is 1.17. The van der Waals surface area contributed by atoms with Crippen LogP contribution in [0.5, 0.6) is 0 Å². The molecule has 0 spiro atoms. The summed E-state index contributed by atoms with van der Waals surface area (Å²) in [5.41, 5.74) is 6.82. The SMILES string of the molecule is O=C(N[C@H]1COC2CC(F)CCC21)C1CCCC(NCC2NNC(C3CCNCC3)N2)C1. The van der Waals surface area contributed by atoms with Crippen LogP contribution in [-0.4, -0.2) is 68.8 Å². The first-order chi connectivity index (χ1) is 15.7. The number of halogens is 1.